The molecule has 0 bridgehead atoms. The summed E-state index contributed by atoms with van der Waals surface area (Å²) in [5, 5.41) is 3.63. The number of nitrogens with one attached hydrogen (secondary N) is 1. The molecule has 2 aromatic rings. The number of alkyl halides is 1. The average Bonchev–Trinajstić information content (AvgIpc) is 2.73. The van der Waals surface area contributed by atoms with Crippen LogP contribution in [0.5, 0.6) is 0 Å². The van der Waals surface area contributed by atoms with Gasteiger partial charge in [0.15, 0.2) is 0 Å². The maximum Gasteiger partial charge on any atom is 0.255 e. The zero-order chi connectivity index (χ0) is 11.4. The van der Waals surface area contributed by atoms with Crippen LogP contribution in [0.25, 0.3) is 11.0 Å². The standard InChI is InChI=1S/C12H12ClNO2/c13-6-3-7-14-12(15)10-8-16-11-5-2-1-4-9(10)11/h1-2,4-5,8H,3,6-7H2,(H,14,15). The number of furan rings is 1. The zero-order valence-electron chi connectivity index (χ0n) is 8.70. The summed E-state index contributed by atoms with van der Waals surface area (Å²) in [6.45, 7) is 0.585. The number of carbonyl (C=O) groups excluding carboxylic acids is 1. The molecule has 0 fully saturated rings. The van der Waals surface area contributed by atoms with E-state index in [4.69, 9.17) is 16.0 Å². The fraction of sp³-hybridized carbons (Fsp3) is 0.250. The molecule has 0 radical (unpaired) electrons. The number of hydrogen-bond acceptors (Lipinski definition) is 2. The molecular weight excluding hydrogens is 226 g/mol. The van der Waals surface area contributed by atoms with Gasteiger partial charge in [0, 0.05) is 17.8 Å². The minimum atomic E-state index is -0.116. The SMILES string of the molecule is O=C(NCCCCl)c1coc2ccccc12. The van der Waals surface area contributed by atoms with Crippen molar-refractivity contribution in [2.75, 3.05) is 12.4 Å². The van der Waals surface area contributed by atoms with Crippen LogP contribution in [-0.2, 0) is 0 Å². The predicted molar refractivity (Wildman–Crippen MR) is 63.9 cm³/mol. The fourth-order valence-electron chi connectivity index (χ4n) is 1.52. The first-order chi connectivity index (χ1) is 7.83. The van der Waals surface area contributed by atoms with Gasteiger partial charge in [-0.3, -0.25) is 4.79 Å². The Morgan fingerprint density at radius 1 is 1.38 bits per heavy atom. The average molecular weight is 238 g/mol. The van der Waals surface area contributed by atoms with Crippen molar-refractivity contribution in [3.05, 3.63) is 36.1 Å². The summed E-state index contributed by atoms with van der Waals surface area (Å²) in [5.74, 6) is 0.432. The van der Waals surface area contributed by atoms with E-state index >= 15 is 0 Å². The Morgan fingerprint density at radius 3 is 3.00 bits per heavy atom. The third-order valence-electron chi connectivity index (χ3n) is 2.32. The molecule has 0 saturated heterocycles. The second-order valence-corrected chi connectivity index (χ2v) is 3.82. The Balaban J connectivity index is 2.17. The van der Waals surface area contributed by atoms with Gasteiger partial charge >= 0.3 is 0 Å². The van der Waals surface area contributed by atoms with E-state index in [9.17, 15) is 4.79 Å². The second kappa shape index (κ2) is 5.03. The molecule has 16 heavy (non-hydrogen) atoms. The van der Waals surface area contributed by atoms with Crippen LogP contribution in [0.3, 0.4) is 0 Å². The fourth-order valence-corrected chi connectivity index (χ4v) is 1.65. The number of fused-ring (bicyclic) bond motifs is 1. The first kappa shape index (κ1) is 11.0. The van der Waals surface area contributed by atoms with Gasteiger partial charge in [-0.1, -0.05) is 18.2 Å². The number of amides is 1. The summed E-state index contributed by atoms with van der Waals surface area (Å²) in [4.78, 5) is 11.8. The van der Waals surface area contributed by atoms with Gasteiger partial charge < -0.3 is 9.73 Å². The number of rotatable bonds is 4. The molecule has 2 rings (SSSR count). The molecule has 1 amide bonds. The first-order valence-electron chi connectivity index (χ1n) is 5.13. The van der Waals surface area contributed by atoms with Gasteiger partial charge in [0.05, 0.1) is 5.56 Å². The van der Waals surface area contributed by atoms with Crippen molar-refractivity contribution in [1.29, 1.82) is 0 Å². The number of carbonyl (C=O) groups is 1. The maximum atomic E-state index is 11.8. The van der Waals surface area contributed by atoms with Gasteiger partial charge in [-0.15, -0.1) is 11.6 Å². The minimum absolute atomic E-state index is 0.116. The van der Waals surface area contributed by atoms with E-state index < -0.39 is 0 Å². The van der Waals surface area contributed by atoms with Crippen LogP contribution in [0.2, 0.25) is 0 Å². The molecule has 1 N–H and O–H groups in total. The van der Waals surface area contributed by atoms with Crippen molar-refractivity contribution in [1.82, 2.24) is 5.32 Å². The highest BCUT2D eigenvalue weighted by atomic mass is 35.5. The summed E-state index contributed by atoms with van der Waals surface area (Å²) >= 11 is 5.54. The van der Waals surface area contributed by atoms with Crippen LogP contribution in [0, 0.1) is 0 Å². The van der Waals surface area contributed by atoms with Gasteiger partial charge in [0.1, 0.15) is 11.8 Å². The number of halogens is 1. The normalized spacial score (nSPS) is 10.6. The number of hydrogen-bond donors (Lipinski definition) is 1. The van der Waals surface area contributed by atoms with Gasteiger partial charge in [-0.05, 0) is 12.5 Å². The molecule has 1 aromatic heterocycles. The topological polar surface area (TPSA) is 42.2 Å². The van der Waals surface area contributed by atoms with Crippen LogP contribution < -0.4 is 5.32 Å². The van der Waals surface area contributed by atoms with Gasteiger partial charge in [-0.25, -0.2) is 0 Å². The van der Waals surface area contributed by atoms with Crippen molar-refractivity contribution < 1.29 is 9.21 Å². The van der Waals surface area contributed by atoms with Crippen LogP contribution in [0.4, 0.5) is 0 Å². The smallest absolute Gasteiger partial charge is 0.255 e. The van der Waals surface area contributed by atoms with E-state index in [0.717, 1.165) is 17.4 Å². The Morgan fingerprint density at radius 2 is 2.19 bits per heavy atom. The number of benzene rings is 1. The van der Waals surface area contributed by atoms with Crippen molar-refractivity contribution in [2.45, 2.75) is 6.42 Å². The van der Waals surface area contributed by atoms with Crippen molar-refractivity contribution in [2.24, 2.45) is 0 Å². The lowest BCUT2D eigenvalue weighted by Crippen LogP contribution is -2.24. The third-order valence-corrected chi connectivity index (χ3v) is 2.59. The molecular formula is C12H12ClNO2. The molecule has 0 spiro atoms. The highest BCUT2D eigenvalue weighted by Gasteiger charge is 2.12. The van der Waals surface area contributed by atoms with E-state index in [1.54, 1.807) is 0 Å². The van der Waals surface area contributed by atoms with E-state index in [0.29, 0.717) is 18.0 Å². The summed E-state index contributed by atoms with van der Waals surface area (Å²) < 4.78 is 5.29. The Bertz CT molecular complexity index is 492. The minimum Gasteiger partial charge on any atom is -0.463 e. The van der Waals surface area contributed by atoms with E-state index in [1.165, 1.54) is 6.26 Å². The highest BCUT2D eigenvalue weighted by molar-refractivity contribution is 6.17. The third kappa shape index (κ3) is 2.19. The van der Waals surface area contributed by atoms with Crippen LogP contribution >= 0.6 is 11.6 Å². The summed E-state index contributed by atoms with van der Waals surface area (Å²) in [7, 11) is 0. The molecule has 0 aliphatic rings. The molecule has 0 saturated carbocycles. The van der Waals surface area contributed by atoms with Gasteiger partial charge in [0.25, 0.3) is 5.91 Å². The van der Waals surface area contributed by atoms with Gasteiger partial charge in [-0.2, -0.15) is 0 Å². The molecule has 0 aliphatic heterocycles. The van der Waals surface area contributed by atoms with Crippen molar-refractivity contribution in [3.8, 4) is 0 Å². The highest BCUT2D eigenvalue weighted by Crippen LogP contribution is 2.20. The Kier molecular flexibility index (Phi) is 3.47. The summed E-state index contributed by atoms with van der Waals surface area (Å²) in [6, 6.07) is 7.47. The lowest BCUT2D eigenvalue weighted by molar-refractivity contribution is 0.0954. The largest absolute Gasteiger partial charge is 0.463 e. The molecule has 0 aliphatic carbocycles. The maximum absolute atomic E-state index is 11.8. The molecule has 0 unspecified atom stereocenters. The molecule has 0 atom stereocenters. The van der Waals surface area contributed by atoms with Crippen molar-refractivity contribution >= 4 is 28.5 Å². The molecule has 84 valence electrons. The zero-order valence-corrected chi connectivity index (χ0v) is 9.46. The van der Waals surface area contributed by atoms with E-state index in [-0.39, 0.29) is 5.91 Å². The lowest BCUT2D eigenvalue weighted by Gasteiger charge is -2.01. The summed E-state index contributed by atoms with van der Waals surface area (Å²) in [6.07, 6.45) is 2.25. The predicted octanol–water partition coefficient (Wildman–Crippen LogP) is 2.79. The lowest BCUT2D eigenvalue weighted by atomic mass is 10.1. The first-order valence-corrected chi connectivity index (χ1v) is 5.67. The van der Waals surface area contributed by atoms with E-state index in [1.807, 2.05) is 24.3 Å². The Hall–Kier alpha value is -1.48. The van der Waals surface area contributed by atoms with Crippen LogP contribution in [0.1, 0.15) is 16.8 Å². The van der Waals surface area contributed by atoms with Crippen LogP contribution in [0.15, 0.2) is 34.9 Å². The van der Waals surface area contributed by atoms with Gasteiger partial charge in [0.2, 0.25) is 0 Å². The second-order valence-electron chi connectivity index (χ2n) is 3.44. The Labute approximate surface area is 98.4 Å². The molecule has 4 heteroatoms. The van der Waals surface area contributed by atoms with Crippen molar-refractivity contribution in [3.63, 3.8) is 0 Å². The summed E-state index contributed by atoms with van der Waals surface area (Å²) in [5.41, 5.74) is 1.30. The monoisotopic (exact) mass is 237 g/mol. The number of para-hydroxylation sites is 1. The molecule has 1 heterocycles. The quantitative estimate of drug-likeness (QED) is 0.656. The molecule has 1 aromatic carbocycles. The van der Waals surface area contributed by atoms with Crippen LogP contribution in [-0.4, -0.2) is 18.3 Å². The molecule has 3 nitrogen and oxygen atoms in total. The van der Waals surface area contributed by atoms with E-state index in [2.05, 4.69) is 5.32 Å².